The molecule has 0 fully saturated rings. The average molecular weight is 310 g/mol. The van der Waals surface area contributed by atoms with Crippen LogP contribution in [0.4, 0.5) is 0 Å². The Morgan fingerprint density at radius 2 is 1.50 bits per heavy atom. The van der Waals surface area contributed by atoms with Gasteiger partial charge >= 0.3 is 0 Å². The van der Waals surface area contributed by atoms with Crippen LogP contribution in [-0.2, 0) is 17.1 Å². The second-order valence-corrected chi connectivity index (χ2v) is 4.17. The molecule has 0 aliphatic heterocycles. The second kappa shape index (κ2) is 8.67. The van der Waals surface area contributed by atoms with Crippen molar-refractivity contribution in [2.75, 3.05) is 13.2 Å². The van der Waals surface area contributed by atoms with Gasteiger partial charge in [-0.05, 0) is 11.1 Å². The molecule has 0 saturated carbocycles. The van der Waals surface area contributed by atoms with Gasteiger partial charge in [0.1, 0.15) is 6.10 Å². The topological polar surface area (TPSA) is 52.8 Å². The summed E-state index contributed by atoms with van der Waals surface area (Å²) in [6, 6.07) is 18.9. The van der Waals surface area contributed by atoms with E-state index in [2.05, 4.69) is 4.99 Å². The molecule has 0 aliphatic rings. The molecule has 1 atom stereocenters. The number of hydrogen-bond acceptors (Lipinski definition) is 3. The SMILES string of the molecule is OCCN=C(c1ccccc1)C(O)c1ccccc1.[Mn]. The molecule has 0 amide bonds. The molecule has 1 radical (unpaired) electrons. The van der Waals surface area contributed by atoms with Gasteiger partial charge in [0.25, 0.3) is 0 Å². The summed E-state index contributed by atoms with van der Waals surface area (Å²) in [5.74, 6) is 0. The summed E-state index contributed by atoms with van der Waals surface area (Å²) in [6.07, 6.45) is -0.782. The predicted octanol–water partition coefficient (Wildman–Crippen LogP) is 2.20. The van der Waals surface area contributed by atoms with Crippen LogP contribution in [0.15, 0.2) is 65.7 Å². The van der Waals surface area contributed by atoms with Crippen LogP contribution in [0.2, 0.25) is 0 Å². The van der Waals surface area contributed by atoms with E-state index in [0.29, 0.717) is 5.71 Å². The molecule has 0 heterocycles. The van der Waals surface area contributed by atoms with Crippen molar-refractivity contribution < 1.29 is 27.3 Å². The van der Waals surface area contributed by atoms with Gasteiger partial charge in [0, 0.05) is 17.1 Å². The summed E-state index contributed by atoms with van der Waals surface area (Å²) in [4.78, 5) is 4.31. The molecule has 0 bridgehead atoms. The van der Waals surface area contributed by atoms with Crippen LogP contribution < -0.4 is 0 Å². The van der Waals surface area contributed by atoms with E-state index in [9.17, 15) is 5.11 Å². The number of aliphatic imine (C=N–C) groups is 1. The zero-order valence-corrected chi connectivity index (χ0v) is 12.2. The minimum Gasteiger partial charge on any atom is -0.394 e. The minimum atomic E-state index is -0.782. The zero-order chi connectivity index (χ0) is 13.5. The van der Waals surface area contributed by atoms with Crippen LogP contribution in [0.25, 0.3) is 0 Å². The maximum absolute atomic E-state index is 10.4. The minimum absolute atomic E-state index is 0. The first-order valence-electron chi connectivity index (χ1n) is 6.26. The van der Waals surface area contributed by atoms with E-state index in [-0.39, 0.29) is 30.2 Å². The Labute approximate surface area is 129 Å². The molecule has 1 unspecified atom stereocenters. The van der Waals surface area contributed by atoms with Crippen molar-refractivity contribution in [3.8, 4) is 0 Å². The number of aliphatic hydroxyl groups excluding tert-OH is 2. The monoisotopic (exact) mass is 310 g/mol. The van der Waals surface area contributed by atoms with Crippen molar-refractivity contribution in [1.82, 2.24) is 0 Å². The predicted molar refractivity (Wildman–Crippen MR) is 76.3 cm³/mol. The molecule has 2 rings (SSSR count). The summed E-state index contributed by atoms with van der Waals surface area (Å²) >= 11 is 0. The Hall–Kier alpha value is -1.45. The molecular formula is C16H17MnNO2. The molecule has 0 saturated heterocycles. The Morgan fingerprint density at radius 3 is 2.05 bits per heavy atom. The molecule has 2 aromatic rings. The molecule has 20 heavy (non-hydrogen) atoms. The van der Waals surface area contributed by atoms with Crippen LogP contribution in [0.3, 0.4) is 0 Å². The number of aliphatic hydroxyl groups is 2. The largest absolute Gasteiger partial charge is 0.394 e. The molecule has 4 heteroatoms. The molecule has 3 nitrogen and oxygen atoms in total. The van der Waals surface area contributed by atoms with Crippen LogP contribution in [0.5, 0.6) is 0 Å². The smallest absolute Gasteiger partial charge is 0.121 e. The van der Waals surface area contributed by atoms with Crippen molar-refractivity contribution in [2.45, 2.75) is 6.10 Å². The molecule has 0 aromatic heterocycles. The number of nitrogens with zero attached hydrogens (tertiary/aromatic N) is 1. The fourth-order valence-corrected chi connectivity index (χ4v) is 1.91. The van der Waals surface area contributed by atoms with Crippen LogP contribution in [0.1, 0.15) is 17.2 Å². The van der Waals surface area contributed by atoms with E-state index in [1.165, 1.54) is 0 Å². The van der Waals surface area contributed by atoms with Crippen LogP contribution >= 0.6 is 0 Å². The van der Waals surface area contributed by atoms with Gasteiger partial charge in [-0.1, -0.05) is 60.7 Å². The third kappa shape index (κ3) is 4.29. The van der Waals surface area contributed by atoms with E-state index in [0.717, 1.165) is 11.1 Å². The van der Waals surface area contributed by atoms with Crippen LogP contribution in [-0.4, -0.2) is 29.1 Å². The molecule has 0 aliphatic carbocycles. The average Bonchev–Trinajstić information content (AvgIpc) is 2.49. The Morgan fingerprint density at radius 1 is 0.950 bits per heavy atom. The van der Waals surface area contributed by atoms with Crippen molar-refractivity contribution in [3.05, 3.63) is 71.8 Å². The third-order valence-corrected chi connectivity index (χ3v) is 2.83. The van der Waals surface area contributed by atoms with Crippen molar-refractivity contribution in [1.29, 1.82) is 0 Å². The standard InChI is InChI=1S/C16H17NO2.Mn/c18-12-11-17-15(13-7-3-1-4-8-13)16(19)14-9-5-2-6-10-14;/h1-10,16,18-19H,11-12H2;. The van der Waals surface area contributed by atoms with Gasteiger partial charge in [-0.2, -0.15) is 0 Å². The van der Waals surface area contributed by atoms with Crippen molar-refractivity contribution >= 4 is 5.71 Å². The van der Waals surface area contributed by atoms with E-state index < -0.39 is 6.10 Å². The van der Waals surface area contributed by atoms with Crippen LogP contribution in [0, 0.1) is 0 Å². The molecule has 2 N–H and O–H groups in total. The van der Waals surface area contributed by atoms with Crippen molar-refractivity contribution in [3.63, 3.8) is 0 Å². The maximum Gasteiger partial charge on any atom is 0.121 e. The van der Waals surface area contributed by atoms with E-state index in [1.54, 1.807) is 0 Å². The quantitative estimate of drug-likeness (QED) is 0.657. The Kier molecular flexibility index (Phi) is 7.20. The zero-order valence-electron chi connectivity index (χ0n) is 11.0. The Balaban J connectivity index is 0.00000200. The van der Waals surface area contributed by atoms with Gasteiger partial charge in [-0.25, -0.2) is 0 Å². The molecule has 0 spiro atoms. The fourth-order valence-electron chi connectivity index (χ4n) is 1.91. The summed E-state index contributed by atoms with van der Waals surface area (Å²) in [5, 5.41) is 19.4. The van der Waals surface area contributed by atoms with E-state index >= 15 is 0 Å². The van der Waals surface area contributed by atoms with E-state index in [4.69, 9.17) is 5.11 Å². The fraction of sp³-hybridized carbons (Fsp3) is 0.188. The maximum atomic E-state index is 10.4. The Bertz CT molecular complexity index is 529. The molecule has 105 valence electrons. The number of rotatable bonds is 5. The van der Waals surface area contributed by atoms with Gasteiger partial charge < -0.3 is 10.2 Å². The first kappa shape index (κ1) is 16.6. The van der Waals surface area contributed by atoms with E-state index in [1.807, 2.05) is 60.7 Å². The summed E-state index contributed by atoms with van der Waals surface area (Å²) < 4.78 is 0. The first-order valence-corrected chi connectivity index (χ1v) is 6.26. The molecule has 2 aromatic carbocycles. The molecular weight excluding hydrogens is 293 g/mol. The van der Waals surface area contributed by atoms with Gasteiger partial charge in [-0.15, -0.1) is 0 Å². The summed E-state index contributed by atoms with van der Waals surface area (Å²) in [6.45, 7) is 0.256. The second-order valence-electron chi connectivity index (χ2n) is 4.17. The van der Waals surface area contributed by atoms with Gasteiger partial charge in [0.05, 0.1) is 18.9 Å². The van der Waals surface area contributed by atoms with Gasteiger partial charge in [0.15, 0.2) is 0 Å². The number of hydrogen-bond donors (Lipinski definition) is 2. The third-order valence-electron chi connectivity index (χ3n) is 2.83. The van der Waals surface area contributed by atoms with Gasteiger partial charge in [-0.3, -0.25) is 4.99 Å². The first-order chi connectivity index (χ1) is 9.33. The summed E-state index contributed by atoms with van der Waals surface area (Å²) in [7, 11) is 0. The summed E-state index contributed by atoms with van der Waals surface area (Å²) in [5.41, 5.74) is 2.25. The van der Waals surface area contributed by atoms with Gasteiger partial charge in [0.2, 0.25) is 0 Å². The van der Waals surface area contributed by atoms with Crippen molar-refractivity contribution in [2.24, 2.45) is 4.99 Å². The number of benzene rings is 2. The normalized spacial score (nSPS) is 12.6.